The predicted octanol–water partition coefficient (Wildman–Crippen LogP) is 3.61. The second-order valence-electron chi connectivity index (χ2n) is 9.48. The minimum Gasteiger partial charge on any atom is -0.393 e. The average molecular weight is 537 g/mol. The van der Waals surface area contributed by atoms with Gasteiger partial charge >= 0.3 is 5.76 Å². The molecule has 5 rings (SSSR count). The van der Waals surface area contributed by atoms with Gasteiger partial charge < -0.3 is 14.4 Å². The Morgan fingerprint density at radius 2 is 1.97 bits per heavy atom. The zero-order chi connectivity index (χ0) is 25.9. The maximum Gasteiger partial charge on any atom is 0.434 e. The maximum atomic E-state index is 15.2. The molecule has 12 heteroatoms. The van der Waals surface area contributed by atoms with Crippen molar-refractivity contribution in [1.29, 1.82) is 0 Å². The van der Waals surface area contributed by atoms with Crippen LogP contribution in [0.25, 0.3) is 0 Å². The van der Waals surface area contributed by atoms with Gasteiger partial charge in [0.05, 0.1) is 18.5 Å². The third kappa shape index (κ3) is 4.03. The van der Waals surface area contributed by atoms with Crippen LogP contribution in [-0.4, -0.2) is 46.8 Å². The monoisotopic (exact) mass is 536 g/mol. The minimum atomic E-state index is -4.16. The Balaban J connectivity index is 1.69. The number of aliphatic hydroxyl groups excluding tert-OH is 1. The zero-order valence-electron chi connectivity index (χ0n) is 19.9. The third-order valence-corrected chi connectivity index (χ3v) is 9.41. The first-order chi connectivity index (χ1) is 17.0. The molecule has 0 amide bonds. The third-order valence-electron chi connectivity index (χ3n) is 7.32. The number of nitrogens with one attached hydrogen (secondary N) is 1. The fourth-order valence-corrected chi connectivity index (χ4v) is 7.15. The molecular weight excluding hydrogens is 511 g/mol. The number of aromatic nitrogens is 2. The van der Waals surface area contributed by atoms with Crippen LogP contribution in [0.15, 0.2) is 44.4 Å². The van der Waals surface area contributed by atoms with Crippen molar-refractivity contribution in [2.45, 2.75) is 62.6 Å². The number of rotatable bonds is 5. The number of aromatic amines is 1. The number of H-pyrrole nitrogens is 1. The summed E-state index contributed by atoms with van der Waals surface area (Å²) in [4.78, 5) is 13.8. The number of anilines is 1. The van der Waals surface area contributed by atoms with Crippen LogP contribution in [0.3, 0.4) is 0 Å². The highest BCUT2D eigenvalue weighted by Gasteiger charge is 2.48. The molecule has 3 aromatic rings. The first kappa shape index (κ1) is 24.9. The van der Waals surface area contributed by atoms with Gasteiger partial charge in [-0.15, -0.1) is 5.10 Å². The molecule has 1 aromatic heterocycles. The lowest BCUT2D eigenvalue weighted by Crippen LogP contribution is -2.56. The maximum absolute atomic E-state index is 15.2. The molecule has 36 heavy (non-hydrogen) atoms. The summed E-state index contributed by atoms with van der Waals surface area (Å²) in [6.45, 7) is 5.18. The van der Waals surface area contributed by atoms with Gasteiger partial charge in [0, 0.05) is 17.0 Å². The lowest BCUT2D eigenvalue weighted by Gasteiger charge is -2.48. The quantitative estimate of drug-likeness (QED) is 0.511. The van der Waals surface area contributed by atoms with Gasteiger partial charge in [-0.1, -0.05) is 24.6 Å². The highest BCUT2D eigenvalue weighted by Crippen LogP contribution is 2.46. The lowest BCUT2D eigenvalue weighted by atomic mass is 9.87. The van der Waals surface area contributed by atoms with Crippen molar-refractivity contribution in [2.75, 3.05) is 11.6 Å². The van der Waals surface area contributed by atoms with Crippen molar-refractivity contribution in [3.05, 3.63) is 74.3 Å². The van der Waals surface area contributed by atoms with Crippen LogP contribution in [0.5, 0.6) is 0 Å². The minimum absolute atomic E-state index is 0.0241. The number of nitrogens with zero attached hydrogens (tertiary/aromatic N) is 3. The number of halogens is 2. The van der Waals surface area contributed by atoms with Crippen molar-refractivity contribution in [3.8, 4) is 0 Å². The summed E-state index contributed by atoms with van der Waals surface area (Å²) in [6.07, 6.45) is 0.444. The topological polar surface area (TPSA) is 120 Å². The number of fused-ring (bicyclic) bond motifs is 1. The molecule has 1 aliphatic heterocycles. The Hall–Kier alpha value is -2.73. The van der Waals surface area contributed by atoms with Gasteiger partial charge in [-0.3, -0.25) is 0 Å². The molecular formula is C24H26ClFN4O5S. The fraction of sp³-hybridized carbons (Fsp3) is 0.417. The van der Waals surface area contributed by atoms with Crippen LogP contribution >= 0.6 is 11.6 Å². The van der Waals surface area contributed by atoms with Crippen molar-refractivity contribution in [1.82, 2.24) is 14.5 Å². The van der Waals surface area contributed by atoms with Gasteiger partial charge in [0.15, 0.2) is 0 Å². The van der Waals surface area contributed by atoms with Crippen LogP contribution in [0.2, 0.25) is 5.02 Å². The Morgan fingerprint density at radius 3 is 2.61 bits per heavy atom. The van der Waals surface area contributed by atoms with Crippen LogP contribution < -0.4 is 10.7 Å². The zero-order valence-corrected chi connectivity index (χ0v) is 21.5. The second kappa shape index (κ2) is 8.98. The first-order valence-corrected chi connectivity index (χ1v) is 13.4. The van der Waals surface area contributed by atoms with E-state index in [0.717, 1.165) is 5.56 Å². The molecule has 2 atom stereocenters. The highest BCUT2D eigenvalue weighted by molar-refractivity contribution is 7.89. The van der Waals surface area contributed by atoms with Crippen LogP contribution in [0, 0.1) is 19.7 Å². The van der Waals surface area contributed by atoms with Crippen molar-refractivity contribution in [3.63, 3.8) is 0 Å². The van der Waals surface area contributed by atoms with E-state index >= 15 is 4.39 Å². The average Bonchev–Trinajstić information content (AvgIpc) is 3.22. The van der Waals surface area contributed by atoms with Crippen molar-refractivity contribution in [2.24, 2.45) is 0 Å². The SMILES string of the molecule is Cc1ccc(F)c([C@@H](C)[C@@H](c2n[nH]c(=O)o2)N2CN(C3CC(O)C3)c3cc(Cl)ccc3S2(=O)=O)c1C. The Morgan fingerprint density at radius 1 is 1.25 bits per heavy atom. The number of benzene rings is 2. The number of aryl methyl sites for hydroxylation is 1. The summed E-state index contributed by atoms with van der Waals surface area (Å²) in [5.74, 6) is -2.27. The smallest absolute Gasteiger partial charge is 0.393 e. The molecule has 0 saturated heterocycles. The largest absolute Gasteiger partial charge is 0.434 e. The van der Waals surface area contributed by atoms with E-state index in [1.54, 1.807) is 26.0 Å². The fourth-order valence-electron chi connectivity index (χ4n) is 5.20. The summed E-state index contributed by atoms with van der Waals surface area (Å²) in [7, 11) is -4.16. The Bertz CT molecular complexity index is 1480. The number of hydrogen-bond donors (Lipinski definition) is 2. The molecule has 2 heterocycles. The number of aliphatic hydroxyl groups is 1. The Kier molecular flexibility index (Phi) is 6.22. The van der Waals surface area contributed by atoms with Gasteiger partial charge in [-0.05, 0) is 67.6 Å². The summed E-state index contributed by atoms with van der Waals surface area (Å²) >= 11 is 6.22. The van der Waals surface area contributed by atoms with Crippen LogP contribution in [0.1, 0.15) is 54.3 Å². The molecule has 9 nitrogen and oxygen atoms in total. The van der Waals surface area contributed by atoms with Gasteiger partial charge in [0.2, 0.25) is 15.9 Å². The molecule has 0 spiro atoms. The summed E-state index contributed by atoms with van der Waals surface area (Å²) in [5, 5.41) is 16.5. The van der Waals surface area contributed by atoms with E-state index in [1.165, 1.54) is 22.5 Å². The molecule has 2 aromatic carbocycles. The van der Waals surface area contributed by atoms with Crippen LogP contribution in [-0.2, 0) is 10.0 Å². The van der Waals surface area contributed by atoms with E-state index < -0.39 is 39.7 Å². The molecule has 0 bridgehead atoms. The predicted molar refractivity (Wildman–Crippen MR) is 131 cm³/mol. The highest BCUT2D eigenvalue weighted by atomic mass is 35.5. The Labute approximate surface area is 212 Å². The molecule has 2 aliphatic rings. The van der Waals surface area contributed by atoms with Gasteiger partial charge in [-0.25, -0.2) is 22.7 Å². The number of sulfonamides is 1. The molecule has 1 fully saturated rings. The standard InChI is InChI=1S/C24H26ClFN4O5S/c1-12-4-6-18(26)21(13(12)2)14(3)22(23-27-28-24(32)35-23)30-11-29(16-9-17(31)10-16)19-8-15(25)5-7-20(19)36(30,33)34/h4-8,14,16-17,22,31H,9-11H2,1-3H3,(H,28,32)/t14-,16?,17?,22+/m1/s1. The van der Waals surface area contributed by atoms with E-state index in [1.807, 2.05) is 11.8 Å². The molecule has 192 valence electrons. The van der Waals surface area contributed by atoms with E-state index in [9.17, 15) is 18.3 Å². The molecule has 1 aliphatic carbocycles. The summed E-state index contributed by atoms with van der Waals surface area (Å²) in [5.41, 5.74) is 2.26. The lowest BCUT2D eigenvalue weighted by molar-refractivity contribution is 0.0682. The van der Waals surface area contributed by atoms with E-state index in [2.05, 4.69) is 10.2 Å². The normalized spacial score (nSPS) is 23.1. The molecule has 2 N–H and O–H groups in total. The van der Waals surface area contributed by atoms with Gasteiger partial charge in [-0.2, -0.15) is 4.31 Å². The first-order valence-electron chi connectivity index (χ1n) is 11.6. The van der Waals surface area contributed by atoms with Gasteiger partial charge in [0.1, 0.15) is 16.8 Å². The van der Waals surface area contributed by atoms with Crippen LogP contribution in [0.4, 0.5) is 10.1 Å². The van der Waals surface area contributed by atoms with E-state index in [4.69, 9.17) is 16.0 Å². The number of hydrogen-bond acceptors (Lipinski definition) is 7. The van der Waals surface area contributed by atoms with E-state index in [0.29, 0.717) is 34.7 Å². The van der Waals surface area contributed by atoms with Gasteiger partial charge in [0.25, 0.3) is 0 Å². The molecule has 0 unspecified atom stereocenters. The van der Waals surface area contributed by atoms with E-state index in [-0.39, 0.29) is 23.5 Å². The van der Waals surface area contributed by atoms with Crippen molar-refractivity contribution >= 4 is 27.3 Å². The second-order valence-corrected chi connectivity index (χ2v) is 11.8. The molecule has 0 radical (unpaired) electrons. The summed E-state index contributed by atoms with van der Waals surface area (Å²) < 4.78 is 49.7. The van der Waals surface area contributed by atoms with Crippen molar-refractivity contribution < 1.29 is 22.3 Å². The molecule has 1 saturated carbocycles. The summed E-state index contributed by atoms with van der Waals surface area (Å²) in [6, 6.07) is 6.25.